The number of fused-ring (bicyclic) bond motifs is 1. The Morgan fingerprint density at radius 1 is 1.14 bits per heavy atom. The number of nitrogens with one attached hydrogen (secondary N) is 1. The Morgan fingerprint density at radius 2 is 1.79 bits per heavy atom. The van der Waals surface area contributed by atoms with Crippen molar-refractivity contribution < 1.29 is 13.2 Å². The predicted octanol–water partition coefficient (Wildman–Crippen LogP) is 3.35. The van der Waals surface area contributed by atoms with E-state index in [1.807, 2.05) is 6.07 Å². The van der Waals surface area contributed by atoms with Crippen LogP contribution in [-0.4, -0.2) is 33.7 Å². The van der Waals surface area contributed by atoms with Gasteiger partial charge in [-0.05, 0) is 98.3 Å². The first kappa shape index (κ1) is 18.5. The van der Waals surface area contributed by atoms with Gasteiger partial charge in [-0.1, -0.05) is 0 Å². The van der Waals surface area contributed by atoms with Gasteiger partial charge in [-0.3, -0.25) is 9.10 Å². The number of sulfonamides is 1. The molecule has 5 aliphatic rings. The van der Waals surface area contributed by atoms with Crippen LogP contribution in [0.15, 0.2) is 18.2 Å². The van der Waals surface area contributed by atoms with Crippen LogP contribution >= 0.6 is 0 Å². The lowest BCUT2D eigenvalue weighted by molar-refractivity contribution is -0.0564. The van der Waals surface area contributed by atoms with Crippen LogP contribution in [0.1, 0.15) is 60.9 Å². The zero-order chi connectivity index (χ0) is 19.5. The number of amides is 1. The lowest BCUT2D eigenvalue weighted by Gasteiger charge is -2.57. The molecule has 1 aromatic carbocycles. The average Bonchev–Trinajstić information content (AvgIpc) is 3.03. The Hall–Kier alpha value is -1.56. The van der Waals surface area contributed by atoms with Gasteiger partial charge in [0.05, 0.1) is 11.9 Å². The topological polar surface area (TPSA) is 66.5 Å². The van der Waals surface area contributed by atoms with Crippen LogP contribution in [-0.2, 0) is 16.4 Å². The SMILES string of the molecule is CS(=O)(=O)N1CCc2cc(C(=O)NCCC34CC5CC(CC(C5)C3)C4)ccc21. The number of anilines is 1. The maximum Gasteiger partial charge on any atom is 0.251 e. The van der Waals surface area contributed by atoms with Gasteiger partial charge in [0, 0.05) is 18.7 Å². The van der Waals surface area contributed by atoms with Crippen molar-refractivity contribution in [3.63, 3.8) is 0 Å². The summed E-state index contributed by atoms with van der Waals surface area (Å²) in [6.07, 6.45) is 11.5. The maximum absolute atomic E-state index is 12.7. The predicted molar refractivity (Wildman–Crippen MR) is 110 cm³/mol. The van der Waals surface area contributed by atoms with E-state index < -0.39 is 10.0 Å². The summed E-state index contributed by atoms with van der Waals surface area (Å²) in [5, 5.41) is 3.14. The minimum atomic E-state index is -3.25. The highest BCUT2D eigenvalue weighted by Crippen LogP contribution is 2.61. The van der Waals surface area contributed by atoms with E-state index in [1.54, 1.807) is 12.1 Å². The summed E-state index contributed by atoms with van der Waals surface area (Å²) >= 11 is 0. The first-order valence-corrected chi connectivity index (χ1v) is 12.6. The van der Waals surface area contributed by atoms with Gasteiger partial charge in [0.15, 0.2) is 0 Å². The van der Waals surface area contributed by atoms with Crippen LogP contribution in [0, 0.1) is 23.2 Å². The molecule has 1 N–H and O–H groups in total. The molecule has 0 aromatic heterocycles. The Labute approximate surface area is 167 Å². The molecule has 4 fully saturated rings. The Bertz CT molecular complexity index is 873. The molecule has 4 bridgehead atoms. The van der Waals surface area contributed by atoms with E-state index in [9.17, 15) is 13.2 Å². The molecule has 0 unspecified atom stereocenters. The third kappa shape index (κ3) is 3.23. The van der Waals surface area contributed by atoms with Gasteiger partial charge >= 0.3 is 0 Å². The fourth-order valence-electron chi connectivity index (χ4n) is 7.00. The minimum absolute atomic E-state index is 0.0367. The molecule has 28 heavy (non-hydrogen) atoms. The summed E-state index contributed by atoms with van der Waals surface area (Å²) < 4.78 is 25.2. The highest BCUT2D eigenvalue weighted by atomic mass is 32.2. The quantitative estimate of drug-likeness (QED) is 0.821. The van der Waals surface area contributed by atoms with E-state index >= 15 is 0 Å². The van der Waals surface area contributed by atoms with Gasteiger partial charge in [-0.15, -0.1) is 0 Å². The molecule has 5 nitrogen and oxygen atoms in total. The van der Waals surface area contributed by atoms with Gasteiger partial charge in [0.2, 0.25) is 10.0 Å². The number of nitrogens with zero attached hydrogens (tertiary/aromatic N) is 1. The molecule has 1 heterocycles. The molecule has 0 radical (unpaired) electrons. The van der Waals surface area contributed by atoms with Crippen molar-refractivity contribution in [2.24, 2.45) is 23.2 Å². The first-order chi connectivity index (χ1) is 13.3. The molecule has 1 aliphatic heterocycles. The largest absolute Gasteiger partial charge is 0.352 e. The van der Waals surface area contributed by atoms with E-state index in [1.165, 1.54) is 49.1 Å². The van der Waals surface area contributed by atoms with E-state index in [-0.39, 0.29) is 5.91 Å². The molecule has 152 valence electrons. The summed E-state index contributed by atoms with van der Waals surface area (Å²) in [5.74, 6) is 2.79. The second-order valence-corrected chi connectivity index (χ2v) is 11.8. The van der Waals surface area contributed by atoms with Gasteiger partial charge in [0.25, 0.3) is 5.91 Å². The van der Waals surface area contributed by atoms with Crippen LogP contribution in [0.25, 0.3) is 0 Å². The van der Waals surface area contributed by atoms with Gasteiger partial charge in [-0.2, -0.15) is 0 Å². The van der Waals surface area contributed by atoms with Crippen LogP contribution < -0.4 is 9.62 Å². The third-order valence-corrected chi connectivity index (χ3v) is 8.88. The number of rotatable bonds is 5. The second kappa shape index (κ2) is 6.48. The lowest BCUT2D eigenvalue weighted by Crippen LogP contribution is -2.47. The highest BCUT2D eigenvalue weighted by Gasteiger charge is 2.50. The van der Waals surface area contributed by atoms with Gasteiger partial charge in [0.1, 0.15) is 0 Å². The number of carbonyl (C=O) groups is 1. The van der Waals surface area contributed by atoms with Crippen molar-refractivity contribution >= 4 is 21.6 Å². The molecule has 1 aromatic rings. The lowest BCUT2D eigenvalue weighted by atomic mass is 9.49. The molecule has 0 atom stereocenters. The molecule has 6 rings (SSSR count). The van der Waals surface area contributed by atoms with E-state index in [0.29, 0.717) is 29.6 Å². The Morgan fingerprint density at radius 3 is 2.39 bits per heavy atom. The molecular weight excluding hydrogens is 372 g/mol. The molecule has 4 aliphatic carbocycles. The minimum Gasteiger partial charge on any atom is -0.352 e. The van der Waals surface area contributed by atoms with Crippen molar-refractivity contribution in [1.82, 2.24) is 5.32 Å². The smallest absolute Gasteiger partial charge is 0.251 e. The number of benzene rings is 1. The first-order valence-electron chi connectivity index (χ1n) is 10.7. The zero-order valence-electron chi connectivity index (χ0n) is 16.6. The maximum atomic E-state index is 12.7. The van der Waals surface area contributed by atoms with Crippen molar-refractivity contribution in [3.05, 3.63) is 29.3 Å². The van der Waals surface area contributed by atoms with Crippen LogP contribution in [0.5, 0.6) is 0 Å². The van der Waals surface area contributed by atoms with Crippen LogP contribution in [0.4, 0.5) is 5.69 Å². The fraction of sp³-hybridized carbons (Fsp3) is 0.682. The molecule has 0 saturated heterocycles. The van der Waals surface area contributed by atoms with E-state index in [4.69, 9.17) is 0 Å². The second-order valence-electron chi connectivity index (χ2n) is 9.85. The summed E-state index contributed by atoms with van der Waals surface area (Å²) in [6, 6.07) is 5.39. The number of hydrogen-bond acceptors (Lipinski definition) is 3. The Balaban J connectivity index is 1.21. The Kier molecular flexibility index (Phi) is 4.27. The standard InChI is InChI=1S/C22H30N2O3S/c1-28(26,27)24-7-4-18-11-19(2-3-20(18)24)21(25)23-6-5-22-12-15-8-16(13-22)10-17(9-15)14-22/h2-3,11,15-17H,4-10,12-14H2,1H3,(H,23,25). The third-order valence-electron chi connectivity index (χ3n) is 7.70. The van der Waals surface area contributed by atoms with Gasteiger partial charge in [-0.25, -0.2) is 8.42 Å². The summed E-state index contributed by atoms with van der Waals surface area (Å²) in [7, 11) is -3.25. The summed E-state index contributed by atoms with van der Waals surface area (Å²) in [6.45, 7) is 1.21. The summed E-state index contributed by atoms with van der Waals surface area (Å²) in [4.78, 5) is 12.7. The summed E-state index contributed by atoms with van der Waals surface area (Å²) in [5.41, 5.74) is 2.78. The van der Waals surface area contributed by atoms with Crippen molar-refractivity contribution in [1.29, 1.82) is 0 Å². The monoisotopic (exact) mass is 402 g/mol. The zero-order valence-corrected chi connectivity index (χ0v) is 17.4. The fourth-order valence-corrected chi connectivity index (χ4v) is 7.96. The molecule has 1 amide bonds. The number of hydrogen-bond donors (Lipinski definition) is 1. The van der Waals surface area contributed by atoms with E-state index in [0.717, 1.165) is 36.3 Å². The number of carbonyl (C=O) groups excluding carboxylic acids is 1. The molecular formula is C22H30N2O3S. The van der Waals surface area contributed by atoms with Gasteiger partial charge < -0.3 is 5.32 Å². The van der Waals surface area contributed by atoms with Crippen LogP contribution in [0.3, 0.4) is 0 Å². The van der Waals surface area contributed by atoms with Crippen molar-refractivity contribution in [3.8, 4) is 0 Å². The van der Waals surface area contributed by atoms with Crippen molar-refractivity contribution in [2.45, 2.75) is 51.4 Å². The average molecular weight is 403 g/mol. The van der Waals surface area contributed by atoms with E-state index in [2.05, 4.69) is 5.32 Å². The molecule has 4 saturated carbocycles. The van der Waals surface area contributed by atoms with Crippen LogP contribution in [0.2, 0.25) is 0 Å². The molecule has 0 spiro atoms. The highest BCUT2D eigenvalue weighted by molar-refractivity contribution is 7.92. The van der Waals surface area contributed by atoms with Crippen molar-refractivity contribution in [2.75, 3.05) is 23.7 Å². The normalized spacial score (nSPS) is 33.2. The molecule has 6 heteroatoms.